The SMILES string of the molecule is CN(C)S(=O)(=O)Nc1ccc(S(=O)(=O)N2C[C@@H]3CC(=O)N[C@@H]3C2)cc1. The van der Waals surface area contributed by atoms with Gasteiger partial charge in [0, 0.05) is 51.3 Å². The summed E-state index contributed by atoms with van der Waals surface area (Å²) in [7, 11) is -4.54. The molecule has 1 aromatic carbocycles. The number of hydrogen-bond acceptors (Lipinski definition) is 5. The van der Waals surface area contributed by atoms with Gasteiger partial charge in [-0.15, -0.1) is 0 Å². The Hall–Kier alpha value is -1.69. The number of carbonyl (C=O) groups excluding carboxylic acids is 1. The Balaban J connectivity index is 1.75. The molecule has 2 saturated heterocycles. The molecule has 0 aliphatic carbocycles. The van der Waals surface area contributed by atoms with Gasteiger partial charge in [0.1, 0.15) is 0 Å². The second-order valence-corrected chi connectivity index (χ2v) is 10.2. The molecule has 3 rings (SSSR count). The summed E-state index contributed by atoms with van der Waals surface area (Å²) in [5, 5.41) is 2.79. The summed E-state index contributed by atoms with van der Waals surface area (Å²) in [4.78, 5) is 11.4. The van der Waals surface area contributed by atoms with Crippen LogP contribution < -0.4 is 10.0 Å². The monoisotopic (exact) mass is 388 g/mol. The lowest BCUT2D eigenvalue weighted by Gasteiger charge is -2.18. The lowest BCUT2D eigenvalue weighted by molar-refractivity contribution is -0.119. The van der Waals surface area contributed by atoms with Gasteiger partial charge in [-0.1, -0.05) is 0 Å². The fourth-order valence-corrected chi connectivity index (χ4v) is 5.13. The van der Waals surface area contributed by atoms with Crippen molar-refractivity contribution in [1.82, 2.24) is 13.9 Å². The molecular formula is C14H20N4O5S2. The maximum atomic E-state index is 12.7. The minimum absolute atomic E-state index is 0.00782. The molecule has 0 radical (unpaired) electrons. The van der Waals surface area contributed by atoms with Crippen molar-refractivity contribution in [2.75, 3.05) is 31.9 Å². The van der Waals surface area contributed by atoms with E-state index in [2.05, 4.69) is 10.0 Å². The second kappa shape index (κ2) is 6.24. The Morgan fingerprint density at radius 2 is 1.76 bits per heavy atom. The van der Waals surface area contributed by atoms with Crippen LogP contribution in [0.15, 0.2) is 29.2 Å². The van der Waals surface area contributed by atoms with Gasteiger partial charge in [-0.2, -0.15) is 17.0 Å². The average molecular weight is 388 g/mol. The summed E-state index contributed by atoms with van der Waals surface area (Å²) in [5.74, 6) is -0.0296. The molecule has 2 aliphatic heterocycles. The molecule has 9 nitrogen and oxygen atoms in total. The zero-order valence-corrected chi connectivity index (χ0v) is 15.5. The maximum Gasteiger partial charge on any atom is 0.301 e. The lowest BCUT2D eigenvalue weighted by atomic mass is 10.1. The van der Waals surface area contributed by atoms with Gasteiger partial charge in [0.15, 0.2) is 0 Å². The molecule has 11 heteroatoms. The minimum Gasteiger partial charge on any atom is -0.352 e. The highest BCUT2D eigenvalue weighted by Crippen LogP contribution is 2.30. The van der Waals surface area contributed by atoms with Gasteiger partial charge in [0.25, 0.3) is 0 Å². The summed E-state index contributed by atoms with van der Waals surface area (Å²) in [5.41, 5.74) is 0.276. The van der Waals surface area contributed by atoms with E-state index in [1.54, 1.807) is 0 Å². The van der Waals surface area contributed by atoms with E-state index in [4.69, 9.17) is 0 Å². The van der Waals surface area contributed by atoms with Crippen LogP contribution in [0.5, 0.6) is 0 Å². The van der Waals surface area contributed by atoms with Crippen LogP contribution in [-0.2, 0) is 25.0 Å². The van der Waals surface area contributed by atoms with Gasteiger partial charge >= 0.3 is 10.2 Å². The van der Waals surface area contributed by atoms with Gasteiger partial charge in [-0.3, -0.25) is 9.52 Å². The van der Waals surface area contributed by atoms with E-state index in [0.717, 1.165) is 4.31 Å². The van der Waals surface area contributed by atoms with Gasteiger partial charge in [-0.05, 0) is 24.3 Å². The largest absolute Gasteiger partial charge is 0.352 e. The van der Waals surface area contributed by atoms with Crippen LogP contribution in [0.1, 0.15) is 6.42 Å². The van der Waals surface area contributed by atoms with Gasteiger partial charge < -0.3 is 5.32 Å². The third-order valence-electron chi connectivity index (χ3n) is 4.42. The van der Waals surface area contributed by atoms with E-state index in [1.807, 2.05) is 0 Å². The molecule has 138 valence electrons. The number of rotatable bonds is 5. The van der Waals surface area contributed by atoms with Crippen molar-refractivity contribution in [3.63, 3.8) is 0 Å². The number of nitrogens with zero attached hydrogens (tertiary/aromatic N) is 2. The first-order valence-corrected chi connectivity index (χ1v) is 10.6. The van der Waals surface area contributed by atoms with E-state index >= 15 is 0 Å². The highest BCUT2D eigenvalue weighted by atomic mass is 32.2. The van der Waals surface area contributed by atoms with Crippen molar-refractivity contribution < 1.29 is 21.6 Å². The molecule has 2 heterocycles. The summed E-state index contributed by atoms with van der Waals surface area (Å²) in [6.07, 6.45) is 0.349. The number of benzene rings is 1. The Bertz CT molecular complexity index is 864. The fraction of sp³-hybridized carbons (Fsp3) is 0.500. The van der Waals surface area contributed by atoms with Crippen molar-refractivity contribution in [3.05, 3.63) is 24.3 Å². The Kier molecular flexibility index (Phi) is 4.52. The van der Waals surface area contributed by atoms with Crippen LogP contribution >= 0.6 is 0 Å². The van der Waals surface area contributed by atoms with Crippen LogP contribution in [0.3, 0.4) is 0 Å². The first kappa shape index (κ1) is 18.1. The predicted molar refractivity (Wildman–Crippen MR) is 91.5 cm³/mol. The van der Waals surface area contributed by atoms with Crippen molar-refractivity contribution in [1.29, 1.82) is 0 Å². The number of carbonyl (C=O) groups is 1. The van der Waals surface area contributed by atoms with Crippen LogP contribution in [-0.4, -0.2) is 64.6 Å². The highest BCUT2D eigenvalue weighted by Gasteiger charge is 2.44. The first-order valence-electron chi connectivity index (χ1n) is 7.69. The first-order chi connectivity index (χ1) is 11.6. The van der Waals surface area contributed by atoms with Crippen molar-refractivity contribution >= 4 is 31.8 Å². The highest BCUT2D eigenvalue weighted by molar-refractivity contribution is 7.90. The van der Waals surface area contributed by atoms with Crippen molar-refractivity contribution in [2.45, 2.75) is 17.4 Å². The summed E-state index contributed by atoms with van der Waals surface area (Å²) < 4.78 is 53.7. The normalized spacial score (nSPS) is 24.4. The van der Waals surface area contributed by atoms with E-state index in [-0.39, 0.29) is 35.0 Å². The molecule has 1 amide bonds. The molecule has 2 aliphatic rings. The lowest BCUT2D eigenvalue weighted by Crippen LogP contribution is -2.35. The zero-order chi connectivity index (χ0) is 18.4. The van der Waals surface area contributed by atoms with Crippen molar-refractivity contribution in [3.8, 4) is 0 Å². The molecule has 25 heavy (non-hydrogen) atoms. The Morgan fingerprint density at radius 3 is 2.32 bits per heavy atom. The average Bonchev–Trinajstić information content (AvgIpc) is 3.05. The molecule has 0 aromatic heterocycles. The standard InChI is InChI=1S/C14H20N4O5S2/c1-17(2)25(22,23)16-11-3-5-12(6-4-11)24(20,21)18-8-10-7-14(19)15-13(10)9-18/h3-6,10,13,16H,7-9H2,1-2H3,(H,15,19)/t10-,13+/m0/s1. The zero-order valence-electron chi connectivity index (χ0n) is 13.8. The van der Waals surface area contributed by atoms with Crippen LogP contribution in [0.4, 0.5) is 5.69 Å². The number of fused-ring (bicyclic) bond motifs is 1. The fourth-order valence-electron chi connectivity index (χ4n) is 2.99. The third kappa shape index (κ3) is 3.50. The number of hydrogen-bond donors (Lipinski definition) is 2. The summed E-state index contributed by atoms with van der Waals surface area (Å²) >= 11 is 0. The van der Waals surface area contributed by atoms with Crippen LogP contribution in [0.25, 0.3) is 0 Å². The van der Waals surface area contributed by atoms with E-state index in [0.29, 0.717) is 13.0 Å². The van der Waals surface area contributed by atoms with Gasteiger partial charge in [0.05, 0.1) is 4.90 Å². The molecule has 0 saturated carbocycles. The molecule has 2 fully saturated rings. The maximum absolute atomic E-state index is 12.7. The molecule has 2 atom stereocenters. The molecule has 0 bridgehead atoms. The Morgan fingerprint density at radius 1 is 1.12 bits per heavy atom. The van der Waals surface area contributed by atoms with E-state index in [1.165, 1.54) is 42.7 Å². The van der Waals surface area contributed by atoms with Crippen LogP contribution in [0, 0.1) is 5.92 Å². The second-order valence-electron chi connectivity index (χ2n) is 6.37. The summed E-state index contributed by atoms with van der Waals surface area (Å²) in [6.45, 7) is 0.564. The van der Waals surface area contributed by atoms with Crippen molar-refractivity contribution in [2.24, 2.45) is 5.92 Å². The molecule has 0 unspecified atom stereocenters. The minimum atomic E-state index is -3.68. The third-order valence-corrected chi connectivity index (χ3v) is 7.72. The smallest absolute Gasteiger partial charge is 0.301 e. The predicted octanol–water partition coefficient (Wildman–Crippen LogP) is -0.586. The molecule has 0 spiro atoms. The number of sulfonamides is 1. The quantitative estimate of drug-likeness (QED) is 0.700. The van der Waals surface area contributed by atoms with Crippen LogP contribution in [0.2, 0.25) is 0 Å². The molecule has 2 N–H and O–H groups in total. The number of nitrogens with one attached hydrogen (secondary N) is 2. The number of anilines is 1. The van der Waals surface area contributed by atoms with E-state index < -0.39 is 20.2 Å². The topological polar surface area (TPSA) is 116 Å². The molecule has 1 aromatic rings. The van der Waals surface area contributed by atoms with Gasteiger partial charge in [0.2, 0.25) is 15.9 Å². The molecular weight excluding hydrogens is 368 g/mol. The summed E-state index contributed by atoms with van der Waals surface area (Å²) in [6, 6.07) is 5.43. The van der Waals surface area contributed by atoms with E-state index in [9.17, 15) is 21.6 Å². The van der Waals surface area contributed by atoms with Gasteiger partial charge in [-0.25, -0.2) is 8.42 Å². The number of amides is 1. The Labute approximate surface area is 147 Å².